The maximum atomic E-state index is 5.49. The van der Waals surface area contributed by atoms with Gasteiger partial charge in [-0.3, -0.25) is 9.88 Å². The molecule has 53 heavy (non-hydrogen) atoms. The van der Waals surface area contributed by atoms with E-state index in [1.807, 2.05) is 0 Å². The molecule has 0 radical (unpaired) electrons. The largest absolute Gasteiger partial charge is 0.350 e. The van der Waals surface area contributed by atoms with Gasteiger partial charge in [0.05, 0.1) is 5.69 Å². The number of nitrogens with zero attached hydrogens (tertiary/aromatic N) is 3. The van der Waals surface area contributed by atoms with E-state index in [0.717, 1.165) is 56.8 Å². The lowest BCUT2D eigenvalue weighted by Crippen LogP contribution is -2.50. The molecule has 2 heterocycles. The van der Waals surface area contributed by atoms with Crippen LogP contribution in [0.3, 0.4) is 0 Å². The molecule has 9 rings (SSSR count). The van der Waals surface area contributed by atoms with Crippen LogP contribution in [-0.2, 0) is 0 Å². The molecule has 2 aliphatic rings. The molecular formula is C49H42N4. The third-order valence-electron chi connectivity index (χ3n) is 10.7. The summed E-state index contributed by atoms with van der Waals surface area (Å²) >= 11 is 0. The molecule has 3 unspecified atom stereocenters. The number of hydrogen-bond acceptors (Lipinski definition) is 4. The highest BCUT2D eigenvalue weighted by Crippen LogP contribution is 2.37. The average molecular weight is 687 g/mol. The molecule has 6 aromatic carbocycles. The first-order valence-electron chi connectivity index (χ1n) is 18.6. The summed E-state index contributed by atoms with van der Waals surface area (Å²) in [6.45, 7) is 4.35. The molecule has 4 nitrogen and oxygen atoms in total. The third kappa shape index (κ3) is 6.36. The Morgan fingerprint density at radius 1 is 0.642 bits per heavy atom. The van der Waals surface area contributed by atoms with Crippen molar-refractivity contribution in [2.75, 3.05) is 7.05 Å². The van der Waals surface area contributed by atoms with E-state index in [0.29, 0.717) is 5.92 Å². The predicted molar refractivity (Wildman–Crippen MR) is 222 cm³/mol. The summed E-state index contributed by atoms with van der Waals surface area (Å²) in [6, 6.07) is 52.4. The summed E-state index contributed by atoms with van der Waals surface area (Å²) in [5.74, 6) is 1.37. The van der Waals surface area contributed by atoms with Crippen LogP contribution in [-0.4, -0.2) is 28.9 Å². The predicted octanol–water partition coefficient (Wildman–Crippen LogP) is 11.5. The molecule has 0 fully saturated rings. The lowest BCUT2D eigenvalue weighted by molar-refractivity contribution is 0.174. The fourth-order valence-corrected chi connectivity index (χ4v) is 8.02. The molecular weight excluding hydrogens is 645 g/mol. The lowest BCUT2D eigenvalue weighted by Gasteiger charge is -2.40. The highest BCUT2D eigenvalue weighted by atomic mass is 15.4. The summed E-state index contributed by atoms with van der Waals surface area (Å²) in [4.78, 5) is 12.8. The second kappa shape index (κ2) is 13.8. The molecule has 0 amide bonds. The Bertz CT molecular complexity index is 2560. The fraction of sp³-hybridized carbons (Fsp3) is 0.143. The second-order valence-electron chi connectivity index (χ2n) is 14.5. The van der Waals surface area contributed by atoms with E-state index >= 15 is 0 Å². The summed E-state index contributed by atoms with van der Waals surface area (Å²) in [6.07, 6.45) is 7.82. The Labute approximate surface area is 311 Å². The monoisotopic (exact) mass is 686 g/mol. The molecule has 1 aromatic heterocycles. The second-order valence-corrected chi connectivity index (χ2v) is 14.5. The number of aromatic nitrogens is 1. The molecule has 3 atom stereocenters. The van der Waals surface area contributed by atoms with Crippen LogP contribution in [0, 0.1) is 12.8 Å². The Balaban J connectivity index is 1.20. The van der Waals surface area contributed by atoms with E-state index in [-0.39, 0.29) is 12.3 Å². The average Bonchev–Trinajstić information content (AvgIpc) is 3.20. The van der Waals surface area contributed by atoms with Crippen LogP contribution in [0.4, 0.5) is 0 Å². The standard InChI is InChI=1S/C49H42N4/c1-32-13-11-19-39(27-32)49-52-47(51-48(53(49)3)37-15-5-4-6-16-37)42-30-40(29-41(31-42)44-22-12-18-35-14-7-9-20-43(35)44)34-23-25-36(26-24-34)46-45-21-10-8-17-38(45)28-33(2)50-46/h4-12,14-32,48-49H,13H2,1-3H3,(H,51,52). The van der Waals surface area contributed by atoms with Gasteiger partial charge in [0.15, 0.2) is 0 Å². The van der Waals surface area contributed by atoms with Crippen molar-refractivity contribution in [1.82, 2.24) is 15.2 Å². The van der Waals surface area contributed by atoms with Gasteiger partial charge in [0.1, 0.15) is 18.2 Å². The number of likely N-dealkylation sites (N-methyl/N-ethyl adjacent to an activating group) is 1. The number of fused-ring (bicyclic) bond motifs is 2. The topological polar surface area (TPSA) is 40.5 Å². The van der Waals surface area contributed by atoms with E-state index < -0.39 is 0 Å². The number of rotatable bonds is 6. The Kier molecular flexibility index (Phi) is 8.53. The number of amidine groups is 1. The summed E-state index contributed by atoms with van der Waals surface area (Å²) in [5, 5.41) is 8.71. The molecule has 1 N–H and O–H groups in total. The molecule has 1 aliphatic heterocycles. The number of pyridine rings is 1. The van der Waals surface area contributed by atoms with E-state index in [2.05, 4.69) is 195 Å². The summed E-state index contributed by atoms with van der Waals surface area (Å²) < 4.78 is 0. The highest BCUT2D eigenvalue weighted by molar-refractivity contribution is 6.04. The van der Waals surface area contributed by atoms with Crippen LogP contribution in [0.2, 0.25) is 0 Å². The maximum absolute atomic E-state index is 5.49. The zero-order valence-electron chi connectivity index (χ0n) is 30.4. The summed E-state index contributed by atoms with van der Waals surface area (Å²) in [5.41, 5.74) is 11.3. The smallest absolute Gasteiger partial charge is 0.131 e. The normalized spacial score (nSPS) is 18.8. The Hall–Kier alpha value is -6.10. The molecule has 0 saturated heterocycles. The molecule has 0 bridgehead atoms. The number of aryl methyl sites for hydroxylation is 1. The molecule has 0 spiro atoms. The van der Waals surface area contributed by atoms with Crippen molar-refractivity contribution < 1.29 is 0 Å². The van der Waals surface area contributed by atoms with Gasteiger partial charge in [-0.2, -0.15) is 0 Å². The quantitative estimate of drug-likeness (QED) is 0.189. The van der Waals surface area contributed by atoms with Crippen molar-refractivity contribution in [1.29, 1.82) is 0 Å². The number of benzene rings is 6. The van der Waals surface area contributed by atoms with Gasteiger partial charge in [-0.1, -0.05) is 146 Å². The minimum Gasteiger partial charge on any atom is -0.350 e. The van der Waals surface area contributed by atoms with Crippen LogP contribution in [0.25, 0.3) is 55.1 Å². The zero-order chi connectivity index (χ0) is 35.9. The molecule has 1 aliphatic carbocycles. The van der Waals surface area contributed by atoms with E-state index in [9.17, 15) is 0 Å². The summed E-state index contributed by atoms with van der Waals surface area (Å²) in [7, 11) is 2.18. The van der Waals surface area contributed by atoms with Gasteiger partial charge in [0, 0.05) is 22.2 Å². The van der Waals surface area contributed by atoms with Crippen LogP contribution in [0.1, 0.15) is 36.3 Å². The van der Waals surface area contributed by atoms with Gasteiger partial charge in [-0.05, 0) is 100 Å². The van der Waals surface area contributed by atoms with Gasteiger partial charge < -0.3 is 5.32 Å². The Morgan fingerprint density at radius 3 is 2.13 bits per heavy atom. The first kappa shape index (κ1) is 32.8. The van der Waals surface area contributed by atoms with Crippen molar-refractivity contribution >= 4 is 27.4 Å². The lowest BCUT2D eigenvalue weighted by atomic mass is 9.91. The van der Waals surface area contributed by atoms with Crippen molar-refractivity contribution in [3.63, 3.8) is 0 Å². The van der Waals surface area contributed by atoms with Crippen LogP contribution in [0.15, 0.2) is 174 Å². The van der Waals surface area contributed by atoms with E-state index in [1.165, 1.54) is 32.9 Å². The fourth-order valence-electron chi connectivity index (χ4n) is 8.02. The van der Waals surface area contributed by atoms with Crippen molar-refractivity contribution in [3.8, 4) is 33.5 Å². The Morgan fingerprint density at radius 2 is 1.32 bits per heavy atom. The first-order chi connectivity index (χ1) is 26.0. The number of hydrogen-bond donors (Lipinski definition) is 1. The zero-order valence-corrected chi connectivity index (χ0v) is 30.4. The van der Waals surface area contributed by atoms with E-state index in [1.54, 1.807) is 0 Å². The van der Waals surface area contributed by atoms with Crippen molar-refractivity contribution in [3.05, 3.63) is 186 Å². The van der Waals surface area contributed by atoms with E-state index in [4.69, 9.17) is 9.98 Å². The minimum absolute atomic E-state index is 0.0548. The van der Waals surface area contributed by atoms with Gasteiger partial charge in [-0.25, -0.2) is 4.99 Å². The molecule has 258 valence electrons. The number of nitrogens with one attached hydrogen (secondary N) is 1. The SMILES string of the molecule is Cc1cc2ccccc2c(-c2ccc(-c3cc(C4=NC(C5=CC(C)CC=C5)N(C)C(c5ccccc5)N4)cc(-c4cccc5ccccc45)c3)cc2)n1. The minimum atomic E-state index is -0.129. The molecule has 7 aromatic rings. The molecule has 0 saturated carbocycles. The first-order valence-corrected chi connectivity index (χ1v) is 18.6. The molecule has 4 heteroatoms. The number of aliphatic imine (C=N–C) groups is 1. The third-order valence-corrected chi connectivity index (χ3v) is 10.7. The van der Waals surface area contributed by atoms with Crippen molar-refractivity contribution in [2.45, 2.75) is 32.6 Å². The van der Waals surface area contributed by atoms with Gasteiger partial charge in [-0.15, -0.1) is 0 Å². The van der Waals surface area contributed by atoms with Gasteiger partial charge in [0.2, 0.25) is 0 Å². The van der Waals surface area contributed by atoms with Crippen LogP contribution in [0.5, 0.6) is 0 Å². The maximum Gasteiger partial charge on any atom is 0.131 e. The highest BCUT2D eigenvalue weighted by Gasteiger charge is 2.32. The van der Waals surface area contributed by atoms with Crippen LogP contribution >= 0.6 is 0 Å². The number of allylic oxidation sites excluding steroid dienone is 2. The van der Waals surface area contributed by atoms with Gasteiger partial charge in [0.25, 0.3) is 0 Å². The van der Waals surface area contributed by atoms with Crippen molar-refractivity contribution in [2.24, 2.45) is 10.9 Å². The van der Waals surface area contributed by atoms with Crippen LogP contribution < -0.4 is 5.32 Å². The van der Waals surface area contributed by atoms with Gasteiger partial charge >= 0.3 is 0 Å².